The second-order valence-corrected chi connectivity index (χ2v) is 8.53. The quantitative estimate of drug-likeness (QED) is 0.724. The van der Waals surface area contributed by atoms with Crippen LogP contribution in [0.5, 0.6) is 0 Å². The first kappa shape index (κ1) is 20.1. The lowest BCUT2D eigenvalue weighted by Gasteiger charge is -2.30. The zero-order chi connectivity index (χ0) is 19.4. The van der Waals surface area contributed by atoms with Crippen molar-refractivity contribution in [2.24, 2.45) is 4.40 Å². The predicted octanol–water partition coefficient (Wildman–Crippen LogP) is 2.98. The van der Waals surface area contributed by atoms with Gasteiger partial charge in [-0.3, -0.25) is 4.79 Å². The van der Waals surface area contributed by atoms with Gasteiger partial charge in [-0.15, -0.1) is 4.40 Å². The summed E-state index contributed by atoms with van der Waals surface area (Å²) in [7, 11) is -3.85. The van der Waals surface area contributed by atoms with Gasteiger partial charge in [0.25, 0.3) is 15.9 Å². The van der Waals surface area contributed by atoms with Crippen LogP contribution < -0.4 is 10.2 Å². The zero-order valence-corrected chi connectivity index (χ0v) is 16.9. The van der Waals surface area contributed by atoms with E-state index in [1.54, 1.807) is 6.07 Å². The van der Waals surface area contributed by atoms with E-state index in [1.807, 2.05) is 11.8 Å². The fraction of sp³-hybridized carbons (Fsp3) is 0.556. The number of hydrogen-bond acceptors (Lipinski definition) is 5. The predicted molar refractivity (Wildman–Crippen MR) is 105 cm³/mol. The molecule has 148 valence electrons. The van der Waals surface area contributed by atoms with Gasteiger partial charge in [-0.2, -0.15) is 8.42 Å². The van der Waals surface area contributed by atoms with Gasteiger partial charge in [0.1, 0.15) is 10.7 Å². The first-order valence-corrected chi connectivity index (χ1v) is 11.1. The Morgan fingerprint density at radius 1 is 1.33 bits per heavy atom. The molecule has 1 N–H and O–H groups in total. The van der Waals surface area contributed by atoms with Crippen LogP contribution in [0, 0.1) is 0 Å². The minimum absolute atomic E-state index is 0.0389. The highest BCUT2D eigenvalue weighted by molar-refractivity contribution is 7.90. The molecule has 7 nitrogen and oxygen atoms in total. The molecule has 1 fully saturated rings. The highest BCUT2D eigenvalue weighted by Crippen LogP contribution is 2.37. The van der Waals surface area contributed by atoms with Crippen LogP contribution >= 0.6 is 11.6 Å². The number of hydrogen-bond donors (Lipinski definition) is 1. The Morgan fingerprint density at radius 2 is 2.15 bits per heavy atom. The maximum atomic E-state index is 12.7. The third-order valence-corrected chi connectivity index (χ3v) is 6.28. The molecule has 0 aromatic heterocycles. The van der Waals surface area contributed by atoms with E-state index in [-0.39, 0.29) is 15.5 Å². The minimum atomic E-state index is -3.85. The number of rotatable bonds is 6. The summed E-state index contributed by atoms with van der Waals surface area (Å²) in [6, 6.07) is 2.92. The van der Waals surface area contributed by atoms with Gasteiger partial charge in [-0.05, 0) is 38.3 Å². The first-order chi connectivity index (χ1) is 12.9. The van der Waals surface area contributed by atoms with E-state index in [9.17, 15) is 13.2 Å². The number of amidine groups is 1. The van der Waals surface area contributed by atoms with Gasteiger partial charge in [-0.1, -0.05) is 18.0 Å². The molecule has 3 rings (SSSR count). The molecule has 0 unspecified atom stereocenters. The van der Waals surface area contributed by atoms with Crippen molar-refractivity contribution < 1.29 is 17.9 Å². The van der Waals surface area contributed by atoms with Gasteiger partial charge < -0.3 is 15.0 Å². The molecule has 0 spiro atoms. The second-order valence-electron chi connectivity index (χ2n) is 6.55. The van der Waals surface area contributed by atoms with E-state index >= 15 is 0 Å². The fourth-order valence-electron chi connectivity index (χ4n) is 3.29. The Kier molecular flexibility index (Phi) is 6.39. The smallest absolute Gasteiger partial charge is 0.286 e. The van der Waals surface area contributed by atoms with Gasteiger partial charge in [0.05, 0.1) is 16.3 Å². The molecule has 1 saturated heterocycles. The van der Waals surface area contributed by atoms with Crippen molar-refractivity contribution in [2.45, 2.75) is 43.9 Å². The molecule has 9 heteroatoms. The number of amides is 1. The monoisotopic (exact) mass is 413 g/mol. The molecule has 0 aliphatic carbocycles. The lowest BCUT2D eigenvalue weighted by Crippen LogP contribution is -2.35. The van der Waals surface area contributed by atoms with Crippen LogP contribution in [-0.4, -0.2) is 46.5 Å². The zero-order valence-electron chi connectivity index (χ0n) is 15.3. The third-order valence-electron chi connectivity index (χ3n) is 4.64. The lowest BCUT2D eigenvalue weighted by molar-refractivity contribution is 0.0944. The van der Waals surface area contributed by atoms with E-state index < -0.39 is 15.9 Å². The van der Waals surface area contributed by atoms with Gasteiger partial charge in [0.2, 0.25) is 0 Å². The van der Waals surface area contributed by atoms with Crippen LogP contribution in [0.2, 0.25) is 5.02 Å². The molecule has 1 aromatic rings. The molecule has 1 amide bonds. The molecule has 2 aliphatic rings. The highest BCUT2D eigenvalue weighted by atomic mass is 35.5. The normalized spacial score (nSPS) is 18.1. The molecular weight excluding hydrogens is 390 g/mol. The lowest BCUT2D eigenvalue weighted by atomic mass is 10.1. The number of carbonyl (C=O) groups is 1. The minimum Gasteiger partial charge on any atom is -0.382 e. The molecule has 2 aliphatic heterocycles. The number of sulfonamides is 1. The summed E-state index contributed by atoms with van der Waals surface area (Å²) >= 11 is 6.34. The third kappa shape index (κ3) is 4.44. The van der Waals surface area contributed by atoms with Crippen LogP contribution in [0.4, 0.5) is 5.69 Å². The van der Waals surface area contributed by atoms with Crippen LogP contribution in [0.1, 0.15) is 49.4 Å². The van der Waals surface area contributed by atoms with Crippen molar-refractivity contribution in [3.8, 4) is 0 Å². The number of nitrogens with zero attached hydrogens (tertiary/aromatic N) is 2. The SMILES string of the molecule is CCOCCCNC(=O)c1cc2c(cc1Cl)N1CCCCCC1=NS2(=O)=O. The largest absolute Gasteiger partial charge is 0.382 e. The average Bonchev–Trinajstić information content (AvgIpc) is 2.85. The number of halogens is 1. The van der Waals surface area contributed by atoms with Crippen molar-refractivity contribution in [2.75, 3.05) is 31.2 Å². The van der Waals surface area contributed by atoms with Gasteiger partial charge in [0.15, 0.2) is 0 Å². The Labute approximate surface area is 164 Å². The van der Waals surface area contributed by atoms with Gasteiger partial charge >= 0.3 is 0 Å². The number of benzene rings is 1. The summed E-state index contributed by atoms with van der Waals surface area (Å²) in [4.78, 5) is 14.4. The number of nitrogens with one attached hydrogen (secondary N) is 1. The maximum Gasteiger partial charge on any atom is 0.286 e. The molecule has 27 heavy (non-hydrogen) atoms. The van der Waals surface area contributed by atoms with Crippen molar-refractivity contribution in [1.29, 1.82) is 0 Å². The molecule has 0 radical (unpaired) electrons. The molecule has 2 heterocycles. The number of anilines is 1. The van der Waals surface area contributed by atoms with Crippen molar-refractivity contribution >= 4 is 39.1 Å². The second kappa shape index (κ2) is 8.58. The van der Waals surface area contributed by atoms with Crippen molar-refractivity contribution in [1.82, 2.24) is 5.32 Å². The molecule has 0 saturated carbocycles. The molecule has 0 atom stereocenters. The standard InChI is InChI=1S/C18H24ClN3O4S/c1-2-26-10-6-8-20-18(23)13-11-16-15(12-14(13)19)22-9-5-3-4-7-17(22)21-27(16,24)25/h11-12H,2-10H2,1H3,(H,20,23). The Bertz CT molecular complexity index is 854. The van der Waals surface area contributed by atoms with Gasteiger partial charge in [-0.25, -0.2) is 0 Å². The van der Waals surface area contributed by atoms with Crippen LogP contribution in [0.15, 0.2) is 21.4 Å². The van der Waals surface area contributed by atoms with Crippen molar-refractivity contribution in [3.05, 3.63) is 22.7 Å². The fourth-order valence-corrected chi connectivity index (χ4v) is 4.80. The summed E-state index contributed by atoms with van der Waals surface area (Å²) in [5.74, 6) is 0.157. The number of fused-ring (bicyclic) bond motifs is 3. The molecule has 0 bridgehead atoms. The summed E-state index contributed by atoms with van der Waals surface area (Å²) < 4.78 is 34.5. The van der Waals surface area contributed by atoms with Crippen LogP contribution in [-0.2, 0) is 14.8 Å². The first-order valence-electron chi connectivity index (χ1n) is 9.25. The van der Waals surface area contributed by atoms with E-state index in [4.69, 9.17) is 16.3 Å². The summed E-state index contributed by atoms with van der Waals surface area (Å²) in [6.45, 7) is 4.20. The summed E-state index contributed by atoms with van der Waals surface area (Å²) in [5.41, 5.74) is 0.656. The maximum absolute atomic E-state index is 12.7. The van der Waals surface area contributed by atoms with E-state index in [0.717, 1.165) is 19.3 Å². The topological polar surface area (TPSA) is 88.1 Å². The Balaban J connectivity index is 1.87. The summed E-state index contributed by atoms with van der Waals surface area (Å²) in [5, 5.41) is 2.98. The average molecular weight is 414 g/mol. The van der Waals surface area contributed by atoms with Crippen molar-refractivity contribution in [3.63, 3.8) is 0 Å². The summed E-state index contributed by atoms with van der Waals surface area (Å²) in [6.07, 6.45) is 4.19. The molecule has 1 aromatic carbocycles. The Hall–Kier alpha value is -1.64. The van der Waals surface area contributed by atoms with Crippen LogP contribution in [0.3, 0.4) is 0 Å². The van der Waals surface area contributed by atoms with Crippen LogP contribution in [0.25, 0.3) is 0 Å². The van der Waals surface area contributed by atoms with E-state index in [2.05, 4.69) is 9.71 Å². The van der Waals surface area contributed by atoms with E-state index in [0.29, 0.717) is 50.7 Å². The van der Waals surface area contributed by atoms with Gasteiger partial charge in [0, 0.05) is 32.7 Å². The van der Waals surface area contributed by atoms with E-state index in [1.165, 1.54) is 6.07 Å². The Morgan fingerprint density at radius 3 is 2.93 bits per heavy atom. The number of ether oxygens (including phenoxy) is 1. The molecular formula is C18H24ClN3O4S. The highest BCUT2D eigenvalue weighted by Gasteiger charge is 2.33. The number of carbonyl (C=O) groups excluding carboxylic acids is 1.